The normalized spacial score (nSPS) is 9.77. The van der Waals surface area contributed by atoms with E-state index in [1.54, 1.807) is 19.2 Å². The predicted octanol–water partition coefficient (Wildman–Crippen LogP) is 2.17. The second kappa shape index (κ2) is 4.55. The maximum atomic E-state index is 11.4. The van der Waals surface area contributed by atoms with Crippen LogP contribution in [0.25, 0.3) is 0 Å². The van der Waals surface area contributed by atoms with Crippen LogP contribution < -0.4 is 0 Å². The van der Waals surface area contributed by atoms with Gasteiger partial charge in [-0.1, -0.05) is 0 Å². The van der Waals surface area contributed by atoms with Gasteiger partial charge in [-0.3, -0.25) is 4.98 Å². The van der Waals surface area contributed by atoms with E-state index in [4.69, 9.17) is 4.74 Å². The van der Waals surface area contributed by atoms with Crippen molar-refractivity contribution in [3.05, 3.63) is 27.1 Å². The molecule has 1 aromatic rings. The van der Waals surface area contributed by atoms with Gasteiger partial charge in [0.05, 0.1) is 17.9 Å². The Morgan fingerprint density at radius 3 is 3.00 bits per heavy atom. The van der Waals surface area contributed by atoms with Gasteiger partial charge in [0.15, 0.2) is 0 Å². The lowest BCUT2D eigenvalue weighted by molar-refractivity contribution is 0.0525. The molecule has 0 aliphatic heterocycles. The number of aryl methyl sites for hydroxylation is 1. The zero-order valence-corrected chi connectivity index (χ0v) is 9.66. The van der Waals surface area contributed by atoms with Crippen LogP contribution in [0.3, 0.4) is 0 Å². The van der Waals surface area contributed by atoms with Crippen molar-refractivity contribution in [1.82, 2.24) is 4.98 Å². The molecule has 4 heteroatoms. The van der Waals surface area contributed by atoms with Gasteiger partial charge in [0.25, 0.3) is 0 Å². The van der Waals surface area contributed by atoms with Crippen LogP contribution in [0.1, 0.15) is 23.0 Å². The molecule has 0 aliphatic rings. The van der Waals surface area contributed by atoms with Crippen LogP contribution in [0.5, 0.6) is 0 Å². The first kappa shape index (κ1) is 10.4. The number of carbonyl (C=O) groups excluding carboxylic acids is 1. The first-order valence-corrected chi connectivity index (χ1v) is 5.03. The van der Waals surface area contributed by atoms with E-state index in [-0.39, 0.29) is 5.97 Å². The minimum absolute atomic E-state index is 0.280. The number of ether oxygens (including phenoxy) is 1. The summed E-state index contributed by atoms with van der Waals surface area (Å²) in [5, 5.41) is 0. The Morgan fingerprint density at radius 1 is 1.69 bits per heavy atom. The van der Waals surface area contributed by atoms with Crippen LogP contribution >= 0.6 is 22.6 Å². The van der Waals surface area contributed by atoms with E-state index >= 15 is 0 Å². The van der Waals surface area contributed by atoms with Crippen molar-refractivity contribution in [2.45, 2.75) is 13.8 Å². The summed E-state index contributed by atoms with van der Waals surface area (Å²) in [6, 6.07) is 1.67. The molecule has 0 aromatic carbocycles. The highest BCUT2D eigenvalue weighted by Gasteiger charge is 2.12. The average molecular weight is 291 g/mol. The fourth-order valence-electron chi connectivity index (χ4n) is 0.915. The van der Waals surface area contributed by atoms with Gasteiger partial charge >= 0.3 is 5.97 Å². The van der Waals surface area contributed by atoms with E-state index in [0.717, 1.165) is 9.26 Å². The Hall–Kier alpha value is -0.650. The molecule has 0 amide bonds. The van der Waals surface area contributed by atoms with Crippen LogP contribution in [0.4, 0.5) is 0 Å². The molecule has 3 nitrogen and oxygen atoms in total. The highest BCUT2D eigenvalue weighted by molar-refractivity contribution is 14.1. The smallest absolute Gasteiger partial charge is 0.339 e. The number of rotatable bonds is 2. The summed E-state index contributed by atoms with van der Waals surface area (Å²) < 4.78 is 5.75. The van der Waals surface area contributed by atoms with E-state index in [9.17, 15) is 4.79 Å². The third-order valence-corrected chi connectivity index (χ3v) is 2.92. The standard InChI is InChI=1S/C9H10INO2/c1-3-13-9(12)7-4-5-11-6(2)8(7)10/h4-5H,3H2,1-2H3. The third kappa shape index (κ3) is 2.40. The van der Waals surface area contributed by atoms with E-state index in [1.807, 2.05) is 6.92 Å². The molecule has 0 spiro atoms. The molecule has 0 fully saturated rings. The van der Waals surface area contributed by atoms with Crippen molar-refractivity contribution in [2.24, 2.45) is 0 Å². The summed E-state index contributed by atoms with van der Waals surface area (Å²) >= 11 is 2.10. The van der Waals surface area contributed by atoms with Crippen molar-refractivity contribution >= 4 is 28.6 Å². The van der Waals surface area contributed by atoms with Gasteiger partial charge in [0.2, 0.25) is 0 Å². The van der Waals surface area contributed by atoms with Gasteiger partial charge in [0.1, 0.15) is 0 Å². The first-order valence-electron chi connectivity index (χ1n) is 3.95. The first-order chi connectivity index (χ1) is 6.16. The Morgan fingerprint density at radius 2 is 2.38 bits per heavy atom. The van der Waals surface area contributed by atoms with Crippen LogP contribution in [0.2, 0.25) is 0 Å². The fraction of sp³-hybridized carbons (Fsp3) is 0.333. The lowest BCUT2D eigenvalue weighted by Crippen LogP contribution is -2.08. The summed E-state index contributed by atoms with van der Waals surface area (Å²) in [5.41, 5.74) is 1.45. The number of hydrogen-bond acceptors (Lipinski definition) is 3. The monoisotopic (exact) mass is 291 g/mol. The summed E-state index contributed by atoms with van der Waals surface area (Å²) in [6.07, 6.45) is 1.61. The molecule has 1 heterocycles. The lowest BCUT2D eigenvalue weighted by atomic mass is 10.2. The van der Waals surface area contributed by atoms with Gasteiger partial charge in [-0.25, -0.2) is 4.79 Å². The minimum Gasteiger partial charge on any atom is -0.462 e. The number of esters is 1. The topological polar surface area (TPSA) is 39.2 Å². The van der Waals surface area contributed by atoms with Crippen molar-refractivity contribution < 1.29 is 9.53 Å². The minimum atomic E-state index is -0.280. The summed E-state index contributed by atoms with van der Waals surface area (Å²) in [5.74, 6) is -0.280. The molecule has 0 saturated heterocycles. The van der Waals surface area contributed by atoms with Crippen molar-refractivity contribution in [2.75, 3.05) is 6.61 Å². The van der Waals surface area contributed by atoms with Crippen LogP contribution in [0.15, 0.2) is 12.3 Å². The van der Waals surface area contributed by atoms with Crippen molar-refractivity contribution in [3.63, 3.8) is 0 Å². The Balaban J connectivity index is 3.01. The van der Waals surface area contributed by atoms with Gasteiger partial charge in [-0.15, -0.1) is 0 Å². The number of carbonyl (C=O) groups is 1. The Bertz CT molecular complexity index is 325. The van der Waals surface area contributed by atoms with Crippen LogP contribution in [-0.2, 0) is 4.74 Å². The maximum absolute atomic E-state index is 11.4. The molecule has 0 radical (unpaired) electrons. The van der Waals surface area contributed by atoms with Gasteiger partial charge in [0, 0.05) is 9.77 Å². The van der Waals surface area contributed by atoms with Gasteiger partial charge in [-0.2, -0.15) is 0 Å². The van der Waals surface area contributed by atoms with Crippen LogP contribution in [0, 0.1) is 10.5 Å². The molecule has 0 saturated carbocycles. The highest BCUT2D eigenvalue weighted by Crippen LogP contribution is 2.15. The molecule has 0 atom stereocenters. The summed E-state index contributed by atoms with van der Waals surface area (Å²) in [6.45, 7) is 4.06. The zero-order valence-electron chi connectivity index (χ0n) is 7.50. The molecule has 0 bridgehead atoms. The predicted molar refractivity (Wildman–Crippen MR) is 57.6 cm³/mol. The molecule has 13 heavy (non-hydrogen) atoms. The SMILES string of the molecule is CCOC(=O)c1ccnc(C)c1I. The number of nitrogens with zero attached hydrogens (tertiary/aromatic N) is 1. The quantitative estimate of drug-likeness (QED) is 0.619. The van der Waals surface area contributed by atoms with Crippen LogP contribution in [-0.4, -0.2) is 17.6 Å². The number of aromatic nitrogens is 1. The molecule has 1 aromatic heterocycles. The highest BCUT2D eigenvalue weighted by atomic mass is 127. The molecule has 70 valence electrons. The van der Waals surface area contributed by atoms with Crippen molar-refractivity contribution in [1.29, 1.82) is 0 Å². The van der Waals surface area contributed by atoms with Gasteiger partial charge < -0.3 is 4.74 Å². The van der Waals surface area contributed by atoms with E-state index in [2.05, 4.69) is 27.6 Å². The summed E-state index contributed by atoms with van der Waals surface area (Å²) in [4.78, 5) is 15.4. The molecular formula is C9H10INO2. The summed E-state index contributed by atoms with van der Waals surface area (Å²) in [7, 11) is 0. The van der Waals surface area contributed by atoms with E-state index in [1.165, 1.54) is 0 Å². The lowest BCUT2D eigenvalue weighted by Gasteiger charge is -2.04. The molecule has 1 rings (SSSR count). The largest absolute Gasteiger partial charge is 0.462 e. The fourth-order valence-corrected chi connectivity index (χ4v) is 1.45. The van der Waals surface area contributed by atoms with E-state index < -0.39 is 0 Å². The molecular weight excluding hydrogens is 281 g/mol. The average Bonchev–Trinajstić information content (AvgIpc) is 2.10. The van der Waals surface area contributed by atoms with E-state index in [0.29, 0.717) is 12.2 Å². The molecule has 0 aliphatic carbocycles. The Kier molecular flexibility index (Phi) is 3.65. The second-order valence-electron chi connectivity index (χ2n) is 2.48. The molecule has 0 unspecified atom stereocenters. The van der Waals surface area contributed by atoms with Gasteiger partial charge in [-0.05, 0) is 42.5 Å². The second-order valence-corrected chi connectivity index (χ2v) is 3.56. The molecule has 0 N–H and O–H groups in total. The zero-order chi connectivity index (χ0) is 9.84. The Labute approximate surface area is 90.6 Å². The number of halogens is 1. The maximum Gasteiger partial charge on any atom is 0.339 e. The van der Waals surface area contributed by atoms with Crippen molar-refractivity contribution in [3.8, 4) is 0 Å². The number of pyridine rings is 1. The third-order valence-electron chi connectivity index (χ3n) is 1.56. The number of hydrogen-bond donors (Lipinski definition) is 0.